The predicted molar refractivity (Wildman–Crippen MR) is 69.2 cm³/mol. The van der Waals surface area contributed by atoms with Crippen LogP contribution in [0.15, 0.2) is 23.0 Å². The molecule has 0 radical (unpaired) electrons. The molecule has 0 fully saturated rings. The SMILES string of the molecule is CCNC1CCCc2nc(-c3ccoc3)sc21. The molecule has 0 saturated heterocycles. The Labute approximate surface area is 105 Å². The number of furan rings is 1. The third kappa shape index (κ3) is 2.03. The van der Waals surface area contributed by atoms with Crippen LogP contribution in [-0.2, 0) is 6.42 Å². The molecule has 4 heteroatoms. The van der Waals surface area contributed by atoms with E-state index >= 15 is 0 Å². The van der Waals surface area contributed by atoms with Crippen LogP contribution in [0.25, 0.3) is 10.6 Å². The van der Waals surface area contributed by atoms with E-state index in [0.29, 0.717) is 6.04 Å². The third-order valence-corrected chi connectivity index (χ3v) is 4.43. The second-order valence-corrected chi connectivity index (χ2v) is 5.38. The zero-order valence-corrected chi connectivity index (χ0v) is 10.7. The van der Waals surface area contributed by atoms with Crippen LogP contribution in [-0.4, -0.2) is 11.5 Å². The van der Waals surface area contributed by atoms with Gasteiger partial charge in [0.2, 0.25) is 0 Å². The van der Waals surface area contributed by atoms with E-state index in [0.717, 1.165) is 23.5 Å². The molecule has 0 amide bonds. The van der Waals surface area contributed by atoms with Crippen molar-refractivity contribution in [2.24, 2.45) is 0 Å². The summed E-state index contributed by atoms with van der Waals surface area (Å²) in [6, 6.07) is 2.48. The fourth-order valence-corrected chi connectivity index (χ4v) is 3.58. The van der Waals surface area contributed by atoms with Gasteiger partial charge >= 0.3 is 0 Å². The lowest BCUT2D eigenvalue weighted by atomic mass is 9.98. The van der Waals surface area contributed by atoms with Crippen molar-refractivity contribution in [1.82, 2.24) is 10.3 Å². The standard InChI is InChI=1S/C13H16N2OS/c1-2-14-10-4-3-5-11-12(10)17-13(15-11)9-6-7-16-8-9/h6-8,10,14H,2-5H2,1H3. The van der Waals surface area contributed by atoms with Gasteiger partial charge in [-0.2, -0.15) is 0 Å². The number of hydrogen-bond acceptors (Lipinski definition) is 4. The Hall–Kier alpha value is -1.13. The van der Waals surface area contributed by atoms with Gasteiger partial charge in [-0.25, -0.2) is 4.98 Å². The number of thiazole rings is 1. The predicted octanol–water partition coefficient (Wildman–Crippen LogP) is 3.39. The Bertz CT molecular complexity index is 489. The van der Waals surface area contributed by atoms with Crippen LogP contribution in [0.4, 0.5) is 0 Å². The molecule has 0 aromatic carbocycles. The van der Waals surface area contributed by atoms with Gasteiger partial charge in [0.15, 0.2) is 0 Å². The van der Waals surface area contributed by atoms with E-state index in [2.05, 4.69) is 12.2 Å². The van der Waals surface area contributed by atoms with E-state index in [1.165, 1.54) is 23.4 Å². The van der Waals surface area contributed by atoms with Crippen molar-refractivity contribution in [3.63, 3.8) is 0 Å². The Morgan fingerprint density at radius 3 is 3.29 bits per heavy atom. The van der Waals surface area contributed by atoms with Crippen LogP contribution >= 0.6 is 11.3 Å². The Kier molecular flexibility index (Phi) is 2.99. The minimum absolute atomic E-state index is 0.502. The summed E-state index contributed by atoms with van der Waals surface area (Å²) in [5, 5.41) is 4.64. The summed E-state index contributed by atoms with van der Waals surface area (Å²) in [7, 11) is 0. The van der Waals surface area contributed by atoms with E-state index in [4.69, 9.17) is 9.40 Å². The van der Waals surface area contributed by atoms with Crippen molar-refractivity contribution >= 4 is 11.3 Å². The summed E-state index contributed by atoms with van der Waals surface area (Å²) in [5.74, 6) is 0. The Balaban J connectivity index is 1.96. The summed E-state index contributed by atoms with van der Waals surface area (Å²) >= 11 is 1.81. The van der Waals surface area contributed by atoms with Gasteiger partial charge in [0.1, 0.15) is 11.3 Å². The molecule has 2 aromatic rings. The van der Waals surface area contributed by atoms with E-state index in [1.54, 1.807) is 12.5 Å². The second-order valence-electron chi connectivity index (χ2n) is 4.34. The molecular formula is C13H16N2OS. The maximum atomic E-state index is 5.13. The largest absolute Gasteiger partial charge is 0.472 e. The number of nitrogens with zero attached hydrogens (tertiary/aromatic N) is 1. The third-order valence-electron chi connectivity index (χ3n) is 3.17. The van der Waals surface area contributed by atoms with Gasteiger partial charge in [0.25, 0.3) is 0 Å². The summed E-state index contributed by atoms with van der Waals surface area (Å²) in [6.07, 6.45) is 7.06. The van der Waals surface area contributed by atoms with Crippen LogP contribution in [0.2, 0.25) is 0 Å². The van der Waals surface area contributed by atoms with Crippen LogP contribution in [0.1, 0.15) is 36.4 Å². The van der Waals surface area contributed by atoms with Gasteiger partial charge in [0, 0.05) is 16.5 Å². The lowest BCUT2D eigenvalue weighted by molar-refractivity contribution is 0.476. The second kappa shape index (κ2) is 4.63. The smallest absolute Gasteiger partial charge is 0.127 e. The monoisotopic (exact) mass is 248 g/mol. The first-order valence-corrected chi connectivity index (χ1v) is 6.95. The van der Waals surface area contributed by atoms with Crippen LogP contribution in [0, 0.1) is 0 Å². The van der Waals surface area contributed by atoms with Gasteiger partial charge < -0.3 is 9.73 Å². The number of aromatic nitrogens is 1. The molecule has 1 atom stereocenters. The number of aryl methyl sites for hydroxylation is 1. The average molecular weight is 248 g/mol. The molecule has 3 nitrogen and oxygen atoms in total. The van der Waals surface area contributed by atoms with Crippen molar-refractivity contribution in [2.75, 3.05) is 6.54 Å². The molecule has 0 saturated carbocycles. The van der Waals surface area contributed by atoms with Gasteiger partial charge in [-0.15, -0.1) is 11.3 Å². The molecule has 90 valence electrons. The summed E-state index contributed by atoms with van der Waals surface area (Å²) in [6.45, 7) is 3.18. The zero-order valence-electron chi connectivity index (χ0n) is 9.90. The maximum Gasteiger partial charge on any atom is 0.127 e. The quantitative estimate of drug-likeness (QED) is 0.904. The van der Waals surface area contributed by atoms with Crippen molar-refractivity contribution in [3.05, 3.63) is 29.2 Å². The molecule has 1 N–H and O–H groups in total. The molecule has 1 unspecified atom stereocenters. The molecule has 1 aliphatic rings. The van der Waals surface area contributed by atoms with E-state index < -0.39 is 0 Å². The first-order valence-electron chi connectivity index (χ1n) is 6.14. The van der Waals surface area contributed by atoms with Gasteiger partial charge in [-0.05, 0) is 31.9 Å². The fourth-order valence-electron chi connectivity index (χ4n) is 2.37. The minimum Gasteiger partial charge on any atom is -0.472 e. The van der Waals surface area contributed by atoms with E-state index in [9.17, 15) is 0 Å². The van der Waals surface area contributed by atoms with E-state index in [-0.39, 0.29) is 0 Å². The van der Waals surface area contributed by atoms with Gasteiger partial charge in [0.05, 0.1) is 12.0 Å². The number of rotatable bonds is 3. The summed E-state index contributed by atoms with van der Waals surface area (Å²) < 4.78 is 5.13. The summed E-state index contributed by atoms with van der Waals surface area (Å²) in [4.78, 5) is 6.17. The first kappa shape index (κ1) is 11.0. The van der Waals surface area contributed by atoms with E-state index in [1.807, 2.05) is 17.4 Å². The number of nitrogens with one attached hydrogen (secondary N) is 1. The zero-order chi connectivity index (χ0) is 11.7. The Morgan fingerprint density at radius 1 is 1.59 bits per heavy atom. The number of fused-ring (bicyclic) bond motifs is 1. The molecule has 17 heavy (non-hydrogen) atoms. The first-order chi connectivity index (χ1) is 8.38. The van der Waals surface area contributed by atoms with Crippen molar-refractivity contribution in [3.8, 4) is 10.6 Å². The summed E-state index contributed by atoms with van der Waals surface area (Å²) in [5.41, 5.74) is 2.38. The normalized spacial score (nSPS) is 19.2. The number of hydrogen-bond donors (Lipinski definition) is 1. The maximum absolute atomic E-state index is 5.13. The fraction of sp³-hybridized carbons (Fsp3) is 0.462. The van der Waals surface area contributed by atoms with Crippen molar-refractivity contribution in [1.29, 1.82) is 0 Å². The average Bonchev–Trinajstić information content (AvgIpc) is 2.98. The molecule has 0 aliphatic heterocycles. The van der Waals surface area contributed by atoms with Gasteiger partial charge in [-0.1, -0.05) is 6.92 Å². The highest BCUT2D eigenvalue weighted by Crippen LogP contribution is 2.37. The topological polar surface area (TPSA) is 38.1 Å². The highest BCUT2D eigenvalue weighted by Gasteiger charge is 2.24. The molecule has 2 heterocycles. The molecule has 3 rings (SSSR count). The molecule has 0 bridgehead atoms. The molecule has 1 aliphatic carbocycles. The Morgan fingerprint density at radius 2 is 2.53 bits per heavy atom. The van der Waals surface area contributed by atoms with Crippen molar-refractivity contribution < 1.29 is 4.42 Å². The molecular weight excluding hydrogens is 232 g/mol. The highest BCUT2D eigenvalue weighted by molar-refractivity contribution is 7.15. The molecule has 2 aromatic heterocycles. The minimum atomic E-state index is 0.502. The van der Waals surface area contributed by atoms with Crippen LogP contribution < -0.4 is 5.32 Å². The van der Waals surface area contributed by atoms with Gasteiger partial charge in [-0.3, -0.25) is 0 Å². The highest BCUT2D eigenvalue weighted by atomic mass is 32.1. The molecule has 0 spiro atoms. The van der Waals surface area contributed by atoms with Crippen LogP contribution in [0.3, 0.4) is 0 Å². The lowest BCUT2D eigenvalue weighted by Crippen LogP contribution is -2.23. The lowest BCUT2D eigenvalue weighted by Gasteiger charge is -2.21. The van der Waals surface area contributed by atoms with Crippen LogP contribution in [0.5, 0.6) is 0 Å². The van der Waals surface area contributed by atoms with Crippen molar-refractivity contribution in [2.45, 2.75) is 32.2 Å².